The Morgan fingerprint density at radius 2 is 2.10 bits per heavy atom. The van der Waals surface area contributed by atoms with E-state index < -0.39 is 0 Å². The zero-order valence-electron chi connectivity index (χ0n) is 15.8. The Labute approximate surface area is 164 Å². The van der Waals surface area contributed by atoms with Gasteiger partial charge in [0.25, 0.3) is 0 Å². The van der Waals surface area contributed by atoms with Crippen LogP contribution in [0.15, 0.2) is 64.5 Å². The van der Waals surface area contributed by atoms with Crippen molar-refractivity contribution in [3.05, 3.63) is 71.4 Å². The minimum Gasteiger partial charge on any atom is -0.496 e. The standard InChI is InChI=1S/C21H17N5O3/c1-12(16-5-3-4-6-22-16)26-20-15-8-19(28-2)14(13-9-24-29-11-13)7-17(15)23-10-18(20)25-21(26)27/h3-12H,1-2H3,(H,25,27). The molecule has 5 rings (SSSR count). The van der Waals surface area contributed by atoms with Gasteiger partial charge < -0.3 is 14.2 Å². The van der Waals surface area contributed by atoms with Crippen LogP contribution < -0.4 is 10.4 Å². The zero-order valence-corrected chi connectivity index (χ0v) is 15.8. The molecule has 0 saturated carbocycles. The van der Waals surface area contributed by atoms with E-state index in [-0.39, 0.29) is 11.7 Å². The van der Waals surface area contributed by atoms with Crippen LogP contribution in [0.25, 0.3) is 33.1 Å². The summed E-state index contributed by atoms with van der Waals surface area (Å²) in [7, 11) is 1.60. The van der Waals surface area contributed by atoms with Crippen LogP contribution >= 0.6 is 0 Å². The highest BCUT2D eigenvalue weighted by molar-refractivity contribution is 6.04. The first-order valence-corrected chi connectivity index (χ1v) is 9.09. The van der Waals surface area contributed by atoms with Crippen LogP contribution in [0.4, 0.5) is 0 Å². The lowest BCUT2D eigenvalue weighted by Crippen LogP contribution is -2.21. The maximum absolute atomic E-state index is 12.8. The van der Waals surface area contributed by atoms with Gasteiger partial charge in [0, 0.05) is 22.7 Å². The number of H-pyrrole nitrogens is 1. The molecule has 0 bridgehead atoms. The molecule has 0 fully saturated rings. The van der Waals surface area contributed by atoms with Crippen molar-refractivity contribution in [1.29, 1.82) is 0 Å². The number of nitrogens with zero attached hydrogens (tertiary/aromatic N) is 4. The molecule has 4 aromatic heterocycles. The SMILES string of the molecule is COc1cc2c(cc1-c1cnoc1)ncc1[nH]c(=O)n(C(C)c3ccccn3)c12. The summed E-state index contributed by atoms with van der Waals surface area (Å²) in [4.78, 5) is 24.7. The monoisotopic (exact) mass is 387 g/mol. The molecule has 0 aliphatic carbocycles. The van der Waals surface area contributed by atoms with E-state index in [1.165, 1.54) is 0 Å². The Bertz CT molecular complexity index is 1370. The summed E-state index contributed by atoms with van der Waals surface area (Å²) in [5.41, 5.74) is 4.34. The van der Waals surface area contributed by atoms with Crippen molar-refractivity contribution in [2.45, 2.75) is 13.0 Å². The predicted octanol–water partition coefficient (Wildman–Crippen LogP) is 3.55. The second-order valence-corrected chi connectivity index (χ2v) is 6.73. The molecule has 8 nitrogen and oxygen atoms in total. The Balaban J connectivity index is 1.81. The molecule has 144 valence electrons. The molecule has 0 aliphatic heterocycles. The lowest BCUT2D eigenvalue weighted by Gasteiger charge is -2.15. The third kappa shape index (κ3) is 2.68. The highest BCUT2D eigenvalue weighted by Crippen LogP contribution is 2.36. The van der Waals surface area contributed by atoms with Gasteiger partial charge in [-0.15, -0.1) is 0 Å². The number of aromatic nitrogens is 5. The smallest absolute Gasteiger partial charge is 0.327 e. The van der Waals surface area contributed by atoms with Crippen LogP contribution in [0.5, 0.6) is 5.75 Å². The minimum absolute atomic E-state index is 0.213. The Morgan fingerprint density at radius 3 is 2.83 bits per heavy atom. The normalized spacial score (nSPS) is 12.5. The Kier molecular flexibility index (Phi) is 3.90. The summed E-state index contributed by atoms with van der Waals surface area (Å²) < 4.78 is 12.3. The van der Waals surface area contributed by atoms with Crippen molar-refractivity contribution in [1.82, 2.24) is 24.7 Å². The van der Waals surface area contributed by atoms with Crippen molar-refractivity contribution in [3.63, 3.8) is 0 Å². The number of nitrogens with one attached hydrogen (secondary N) is 1. The fraction of sp³-hybridized carbons (Fsp3) is 0.143. The van der Waals surface area contributed by atoms with Crippen molar-refractivity contribution < 1.29 is 9.26 Å². The minimum atomic E-state index is -0.258. The molecule has 4 heterocycles. The van der Waals surface area contributed by atoms with Crippen LogP contribution in [-0.4, -0.2) is 31.8 Å². The van der Waals surface area contributed by atoms with E-state index in [4.69, 9.17) is 9.26 Å². The van der Waals surface area contributed by atoms with Crippen molar-refractivity contribution in [2.75, 3.05) is 7.11 Å². The first-order chi connectivity index (χ1) is 14.2. The van der Waals surface area contributed by atoms with E-state index in [1.54, 1.807) is 36.5 Å². The quantitative estimate of drug-likeness (QED) is 0.506. The van der Waals surface area contributed by atoms with Crippen molar-refractivity contribution in [3.8, 4) is 16.9 Å². The van der Waals surface area contributed by atoms with Crippen LogP contribution in [0.3, 0.4) is 0 Å². The number of aromatic amines is 1. The fourth-order valence-corrected chi connectivity index (χ4v) is 3.69. The van der Waals surface area contributed by atoms with E-state index in [2.05, 4.69) is 20.1 Å². The van der Waals surface area contributed by atoms with E-state index >= 15 is 0 Å². The fourth-order valence-electron chi connectivity index (χ4n) is 3.69. The summed E-state index contributed by atoms with van der Waals surface area (Å²) in [6, 6.07) is 9.21. The molecule has 1 atom stereocenters. The van der Waals surface area contributed by atoms with Crippen LogP contribution in [0.2, 0.25) is 0 Å². The number of pyridine rings is 2. The number of benzene rings is 1. The first kappa shape index (κ1) is 17.2. The van der Waals surface area contributed by atoms with Crippen LogP contribution in [-0.2, 0) is 0 Å². The lowest BCUT2D eigenvalue weighted by atomic mass is 10.0. The molecule has 1 N–H and O–H groups in total. The van der Waals surface area contributed by atoms with Crippen LogP contribution in [0, 0.1) is 0 Å². The summed E-state index contributed by atoms with van der Waals surface area (Å²) >= 11 is 0. The van der Waals surface area contributed by atoms with Gasteiger partial charge in [-0.2, -0.15) is 0 Å². The Morgan fingerprint density at radius 1 is 1.21 bits per heavy atom. The molecular weight excluding hydrogens is 370 g/mol. The molecule has 1 aromatic carbocycles. The van der Waals surface area contributed by atoms with E-state index in [0.29, 0.717) is 11.3 Å². The topological polar surface area (TPSA) is 98.8 Å². The molecule has 1 unspecified atom stereocenters. The summed E-state index contributed by atoms with van der Waals surface area (Å²) in [6.45, 7) is 1.95. The predicted molar refractivity (Wildman–Crippen MR) is 108 cm³/mol. The summed E-state index contributed by atoms with van der Waals surface area (Å²) in [5.74, 6) is 0.640. The van der Waals surface area contributed by atoms with Gasteiger partial charge in [-0.25, -0.2) is 4.79 Å². The molecular formula is C21H17N5O3. The van der Waals surface area contributed by atoms with Gasteiger partial charge in [-0.3, -0.25) is 14.5 Å². The van der Waals surface area contributed by atoms with Gasteiger partial charge in [0.05, 0.1) is 47.8 Å². The highest BCUT2D eigenvalue weighted by atomic mass is 16.5. The largest absolute Gasteiger partial charge is 0.496 e. The van der Waals surface area contributed by atoms with E-state index in [0.717, 1.165) is 33.2 Å². The third-order valence-corrected chi connectivity index (χ3v) is 5.11. The van der Waals surface area contributed by atoms with Gasteiger partial charge in [0.1, 0.15) is 12.0 Å². The van der Waals surface area contributed by atoms with Crippen molar-refractivity contribution in [2.24, 2.45) is 0 Å². The van der Waals surface area contributed by atoms with Crippen LogP contribution in [0.1, 0.15) is 18.7 Å². The molecule has 8 heteroatoms. The molecule has 5 aromatic rings. The second-order valence-electron chi connectivity index (χ2n) is 6.73. The zero-order chi connectivity index (χ0) is 20.0. The third-order valence-electron chi connectivity index (χ3n) is 5.11. The number of hydrogen-bond acceptors (Lipinski definition) is 6. The van der Waals surface area contributed by atoms with Gasteiger partial charge >= 0.3 is 5.69 Å². The Hall–Kier alpha value is -3.94. The summed E-state index contributed by atoms with van der Waals surface area (Å²) in [5, 5.41) is 4.58. The van der Waals surface area contributed by atoms with Gasteiger partial charge in [0.2, 0.25) is 0 Å². The van der Waals surface area contributed by atoms with Gasteiger partial charge in [-0.1, -0.05) is 11.2 Å². The number of rotatable bonds is 4. The number of hydrogen-bond donors (Lipinski definition) is 1. The maximum atomic E-state index is 12.8. The molecule has 0 aliphatic rings. The van der Waals surface area contributed by atoms with E-state index in [1.807, 2.05) is 37.3 Å². The summed E-state index contributed by atoms with van der Waals surface area (Å²) in [6.07, 6.45) is 6.57. The molecule has 0 amide bonds. The van der Waals surface area contributed by atoms with Gasteiger partial charge in [0.15, 0.2) is 0 Å². The first-order valence-electron chi connectivity index (χ1n) is 9.09. The number of imidazole rings is 1. The lowest BCUT2D eigenvalue weighted by molar-refractivity contribution is 0.415. The average molecular weight is 387 g/mol. The highest BCUT2D eigenvalue weighted by Gasteiger charge is 2.20. The number of fused-ring (bicyclic) bond motifs is 3. The number of methoxy groups -OCH3 is 1. The van der Waals surface area contributed by atoms with E-state index in [9.17, 15) is 4.79 Å². The van der Waals surface area contributed by atoms with Crippen molar-refractivity contribution >= 4 is 21.9 Å². The second kappa shape index (κ2) is 6.59. The molecule has 0 radical (unpaired) electrons. The molecule has 29 heavy (non-hydrogen) atoms. The molecule has 0 spiro atoms. The van der Waals surface area contributed by atoms with Gasteiger partial charge in [-0.05, 0) is 31.2 Å². The number of ether oxygens (including phenoxy) is 1. The molecule has 0 saturated heterocycles. The maximum Gasteiger partial charge on any atom is 0.327 e. The average Bonchev–Trinajstić information content (AvgIpc) is 3.40.